The number of amides is 2. The van der Waals surface area contributed by atoms with Crippen LogP contribution in [0.2, 0.25) is 10.0 Å². The van der Waals surface area contributed by atoms with Crippen molar-refractivity contribution in [1.29, 1.82) is 0 Å². The number of carbonyl (C=O) groups is 2. The lowest BCUT2D eigenvalue weighted by atomic mass is 10.1. The minimum atomic E-state index is -0.348. The van der Waals surface area contributed by atoms with Crippen LogP contribution in [0.25, 0.3) is 23.0 Å². The molecule has 0 fully saturated rings. The number of aromatic nitrogens is 2. The molecule has 0 bridgehead atoms. The number of rotatable bonds is 8. The molecule has 182 valence electrons. The first-order chi connectivity index (χ1) is 17.4. The Morgan fingerprint density at radius 2 is 1.64 bits per heavy atom. The molecule has 1 N–H and O–H groups in total. The fraction of sp³-hybridized carbons (Fsp3) is 0.107. The predicted molar refractivity (Wildman–Crippen MR) is 145 cm³/mol. The molecule has 0 saturated carbocycles. The van der Waals surface area contributed by atoms with Crippen LogP contribution in [0.3, 0.4) is 0 Å². The number of halogens is 2. The minimum Gasteiger partial charge on any atom is -0.330 e. The predicted octanol–water partition coefficient (Wildman–Crippen LogP) is 6.35. The number of nitrogens with one attached hydrogen (secondary N) is 1. The van der Waals surface area contributed by atoms with Crippen LogP contribution in [-0.2, 0) is 9.59 Å². The number of nitrogens with zero attached hydrogens (tertiary/aromatic N) is 3. The molecule has 1 heterocycles. The SMILES string of the molecule is CCN(CC(=O)Nc1cc(-c2ccccc2)nn1-c1ccc(Cl)c(Cl)c1)C(=O)C=Cc1ccccc1. The summed E-state index contributed by atoms with van der Waals surface area (Å²) in [5.41, 5.74) is 3.11. The van der Waals surface area contributed by atoms with E-state index < -0.39 is 0 Å². The molecule has 3 aromatic carbocycles. The largest absolute Gasteiger partial charge is 0.330 e. The summed E-state index contributed by atoms with van der Waals surface area (Å²) in [6.45, 7) is 2.10. The van der Waals surface area contributed by atoms with Crippen molar-refractivity contribution < 1.29 is 9.59 Å². The fourth-order valence-corrected chi connectivity index (χ4v) is 3.86. The van der Waals surface area contributed by atoms with E-state index in [1.807, 2.05) is 67.6 Å². The van der Waals surface area contributed by atoms with Crippen LogP contribution in [0.1, 0.15) is 12.5 Å². The van der Waals surface area contributed by atoms with Gasteiger partial charge in [0.2, 0.25) is 11.8 Å². The fourth-order valence-electron chi connectivity index (χ4n) is 3.57. The van der Waals surface area contributed by atoms with Crippen molar-refractivity contribution in [2.75, 3.05) is 18.4 Å². The van der Waals surface area contributed by atoms with Crippen LogP contribution >= 0.6 is 23.2 Å². The molecule has 2 amide bonds. The zero-order chi connectivity index (χ0) is 25.5. The van der Waals surface area contributed by atoms with Gasteiger partial charge in [0.05, 0.1) is 21.4 Å². The van der Waals surface area contributed by atoms with E-state index in [4.69, 9.17) is 23.2 Å². The molecule has 0 atom stereocenters. The van der Waals surface area contributed by atoms with Gasteiger partial charge in [-0.2, -0.15) is 5.10 Å². The zero-order valence-electron chi connectivity index (χ0n) is 19.6. The molecule has 4 aromatic rings. The van der Waals surface area contributed by atoms with Crippen LogP contribution in [-0.4, -0.2) is 39.6 Å². The van der Waals surface area contributed by atoms with E-state index in [1.165, 1.54) is 11.0 Å². The summed E-state index contributed by atoms with van der Waals surface area (Å²) in [5, 5.41) is 8.36. The quantitative estimate of drug-likeness (QED) is 0.276. The summed E-state index contributed by atoms with van der Waals surface area (Å²) >= 11 is 12.3. The number of benzene rings is 3. The number of hydrogen-bond acceptors (Lipinski definition) is 3. The smallest absolute Gasteiger partial charge is 0.247 e. The van der Waals surface area contributed by atoms with Crippen molar-refractivity contribution >= 4 is 46.9 Å². The highest BCUT2D eigenvalue weighted by molar-refractivity contribution is 6.42. The monoisotopic (exact) mass is 518 g/mol. The molecule has 6 nitrogen and oxygen atoms in total. The Kier molecular flexibility index (Phi) is 8.21. The third kappa shape index (κ3) is 6.22. The lowest BCUT2D eigenvalue weighted by molar-refractivity contribution is -0.130. The van der Waals surface area contributed by atoms with Crippen molar-refractivity contribution in [3.63, 3.8) is 0 Å². The van der Waals surface area contributed by atoms with Gasteiger partial charge in [-0.05, 0) is 36.8 Å². The van der Waals surface area contributed by atoms with Crippen LogP contribution in [0.5, 0.6) is 0 Å². The maximum Gasteiger partial charge on any atom is 0.247 e. The third-order valence-electron chi connectivity index (χ3n) is 5.44. The summed E-state index contributed by atoms with van der Waals surface area (Å²) in [4.78, 5) is 27.2. The van der Waals surface area contributed by atoms with Crippen LogP contribution < -0.4 is 5.32 Å². The molecule has 8 heteroatoms. The molecule has 0 unspecified atom stereocenters. The van der Waals surface area contributed by atoms with Gasteiger partial charge in [0.25, 0.3) is 0 Å². The Hall–Kier alpha value is -3.87. The van der Waals surface area contributed by atoms with Gasteiger partial charge in [0.15, 0.2) is 0 Å². The van der Waals surface area contributed by atoms with E-state index in [9.17, 15) is 9.59 Å². The summed E-state index contributed by atoms with van der Waals surface area (Å²) in [6.07, 6.45) is 3.20. The Balaban J connectivity index is 1.55. The van der Waals surface area contributed by atoms with E-state index in [0.29, 0.717) is 33.8 Å². The highest BCUT2D eigenvalue weighted by atomic mass is 35.5. The van der Waals surface area contributed by atoms with Crippen molar-refractivity contribution in [3.05, 3.63) is 107 Å². The third-order valence-corrected chi connectivity index (χ3v) is 6.18. The molecule has 0 spiro atoms. The highest BCUT2D eigenvalue weighted by Gasteiger charge is 2.18. The first-order valence-electron chi connectivity index (χ1n) is 11.4. The van der Waals surface area contributed by atoms with Crippen molar-refractivity contribution in [3.8, 4) is 16.9 Å². The summed E-state index contributed by atoms with van der Waals surface area (Å²) in [7, 11) is 0. The van der Waals surface area contributed by atoms with Crippen molar-refractivity contribution in [2.24, 2.45) is 0 Å². The first-order valence-corrected chi connectivity index (χ1v) is 12.1. The number of carbonyl (C=O) groups excluding carboxylic acids is 2. The van der Waals surface area contributed by atoms with Gasteiger partial charge in [-0.15, -0.1) is 0 Å². The highest BCUT2D eigenvalue weighted by Crippen LogP contribution is 2.29. The van der Waals surface area contributed by atoms with E-state index >= 15 is 0 Å². The molecule has 36 heavy (non-hydrogen) atoms. The Labute approximate surface area is 219 Å². The zero-order valence-corrected chi connectivity index (χ0v) is 21.1. The van der Waals surface area contributed by atoms with E-state index in [2.05, 4.69) is 10.4 Å². The topological polar surface area (TPSA) is 67.2 Å². The molecular formula is C28H24Cl2N4O2. The maximum absolute atomic E-state index is 13.0. The average molecular weight is 519 g/mol. The minimum absolute atomic E-state index is 0.109. The van der Waals surface area contributed by atoms with Gasteiger partial charge in [0, 0.05) is 24.3 Å². The Morgan fingerprint density at radius 1 is 0.944 bits per heavy atom. The van der Waals surface area contributed by atoms with Gasteiger partial charge in [-0.25, -0.2) is 4.68 Å². The van der Waals surface area contributed by atoms with E-state index in [-0.39, 0.29) is 18.4 Å². The summed E-state index contributed by atoms with van der Waals surface area (Å²) < 4.78 is 1.59. The summed E-state index contributed by atoms with van der Waals surface area (Å²) in [6, 6.07) is 26.0. The van der Waals surface area contributed by atoms with Crippen molar-refractivity contribution in [2.45, 2.75) is 6.92 Å². The molecule has 0 saturated heterocycles. The van der Waals surface area contributed by atoms with Crippen LogP contribution in [0.4, 0.5) is 5.82 Å². The Morgan fingerprint density at radius 3 is 2.31 bits per heavy atom. The molecule has 0 aliphatic heterocycles. The molecule has 0 aliphatic carbocycles. The first kappa shape index (κ1) is 25.2. The van der Waals surface area contributed by atoms with Gasteiger partial charge < -0.3 is 10.2 Å². The van der Waals surface area contributed by atoms with E-state index in [1.54, 1.807) is 35.0 Å². The molecular weight excluding hydrogens is 495 g/mol. The van der Waals surface area contributed by atoms with Crippen LogP contribution in [0.15, 0.2) is 91.0 Å². The second-order valence-corrected chi connectivity index (χ2v) is 8.75. The number of anilines is 1. The second-order valence-electron chi connectivity index (χ2n) is 7.94. The van der Waals surface area contributed by atoms with Gasteiger partial charge in [-0.1, -0.05) is 83.9 Å². The molecule has 0 radical (unpaired) electrons. The summed E-state index contributed by atoms with van der Waals surface area (Å²) in [5.74, 6) is -0.154. The van der Waals surface area contributed by atoms with E-state index in [0.717, 1.165) is 11.1 Å². The molecule has 0 aliphatic rings. The maximum atomic E-state index is 13.0. The average Bonchev–Trinajstić information content (AvgIpc) is 3.32. The number of likely N-dealkylation sites (N-methyl/N-ethyl adjacent to an activating group) is 1. The standard InChI is InChI=1S/C28H24Cl2N4O2/c1-2-33(28(36)16-13-20-9-5-3-6-10-20)19-27(35)31-26-18-25(21-11-7-4-8-12-21)32-34(26)22-14-15-23(29)24(30)17-22/h3-18H,2,19H2,1H3,(H,31,35). The van der Waals surface area contributed by atoms with Crippen LogP contribution in [0, 0.1) is 0 Å². The molecule has 4 rings (SSSR count). The lowest BCUT2D eigenvalue weighted by Crippen LogP contribution is -2.37. The van der Waals surface area contributed by atoms with Gasteiger partial charge in [-0.3, -0.25) is 9.59 Å². The van der Waals surface area contributed by atoms with Crippen molar-refractivity contribution in [1.82, 2.24) is 14.7 Å². The number of hydrogen-bond donors (Lipinski definition) is 1. The molecule has 1 aromatic heterocycles. The Bertz CT molecular complexity index is 1390. The second kappa shape index (κ2) is 11.7. The lowest BCUT2D eigenvalue weighted by Gasteiger charge is -2.19. The normalized spacial score (nSPS) is 11.0. The van der Waals surface area contributed by atoms with Gasteiger partial charge >= 0.3 is 0 Å². The van der Waals surface area contributed by atoms with Gasteiger partial charge in [0.1, 0.15) is 12.4 Å².